The molecule has 3 nitrogen and oxygen atoms in total. The first-order valence-corrected chi connectivity index (χ1v) is 7.51. The zero-order valence-corrected chi connectivity index (χ0v) is 13.4. The van der Waals surface area contributed by atoms with Crippen LogP contribution in [0, 0.1) is 31.0 Å². The summed E-state index contributed by atoms with van der Waals surface area (Å²) in [6.07, 6.45) is 1.41. The van der Waals surface area contributed by atoms with Crippen molar-refractivity contribution in [2.24, 2.45) is 17.1 Å². The molecule has 1 fully saturated rings. The van der Waals surface area contributed by atoms with Crippen LogP contribution in [0.5, 0.6) is 0 Å². The average molecular weight is 308 g/mol. The van der Waals surface area contributed by atoms with Crippen molar-refractivity contribution < 1.29 is 9.18 Å². The van der Waals surface area contributed by atoms with Gasteiger partial charge in [0.05, 0.1) is 10.4 Å². The van der Waals surface area contributed by atoms with Crippen LogP contribution in [-0.2, 0) is 11.3 Å². The minimum Gasteiger partial charge on any atom is -0.392 e. The minimum absolute atomic E-state index is 0.118. The fraction of sp³-hybridized carbons (Fsp3) is 0.500. The summed E-state index contributed by atoms with van der Waals surface area (Å²) in [6.45, 7) is 5.88. The van der Waals surface area contributed by atoms with Gasteiger partial charge in [-0.05, 0) is 49.3 Å². The smallest absolute Gasteiger partial charge is 0.233 e. The van der Waals surface area contributed by atoms with E-state index in [0.717, 1.165) is 5.56 Å². The summed E-state index contributed by atoms with van der Waals surface area (Å²) in [5, 5.41) is 2.89. The van der Waals surface area contributed by atoms with Gasteiger partial charge >= 0.3 is 0 Å². The molecule has 0 atom stereocenters. The van der Waals surface area contributed by atoms with Crippen molar-refractivity contribution in [3.8, 4) is 0 Å². The molecule has 0 bridgehead atoms. The van der Waals surface area contributed by atoms with Gasteiger partial charge < -0.3 is 11.1 Å². The number of aryl methyl sites for hydroxylation is 2. The molecule has 0 aliphatic heterocycles. The fourth-order valence-electron chi connectivity index (χ4n) is 3.12. The Morgan fingerprint density at radius 1 is 1.43 bits per heavy atom. The summed E-state index contributed by atoms with van der Waals surface area (Å²) in [6, 6.07) is 3.50. The maximum Gasteiger partial charge on any atom is 0.233 e. The van der Waals surface area contributed by atoms with E-state index in [9.17, 15) is 9.18 Å². The Kier molecular flexibility index (Phi) is 4.33. The SMILES string of the molecule is Cc1cc(CNC(=O)C2(C(N)=S)CC(C)C2)cc(C)c1F. The maximum absolute atomic E-state index is 13.6. The standard InChI is InChI=1S/C16H21FN2OS/c1-9-6-16(7-9,14(18)21)15(20)19-8-12-4-10(2)13(17)11(3)5-12/h4-5,9H,6-8H2,1-3H3,(H2,18,21)(H,19,20). The van der Waals surface area contributed by atoms with Crippen LogP contribution < -0.4 is 11.1 Å². The highest BCUT2D eigenvalue weighted by molar-refractivity contribution is 7.80. The number of thiocarbonyl (C=S) groups is 1. The molecule has 0 saturated heterocycles. The lowest BCUT2D eigenvalue weighted by Crippen LogP contribution is -2.55. The molecule has 0 heterocycles. The summed E-state index contributed by atoms with van der Waals surface area (Å²) < 4.78 is 13.6. The molecule has 1 amide bonds. The molecular formula is C16H21FN2OS. The molecular weight excluding hydrogens is 287 g/mol. The molecule has 0 aromatic heterocycles. The van der Waals surface area contributed by atoms with Crippen molar-refractivity contribution in [3.63, 3.8) is 0 Å². The molecule has 2 rings (SSSR count). The van der Waals surface area contributed by atoms with Crippen molar-refractivity contribution in [1.29, 1.82) is 0 Å². The Bertz CT molecular complexity index is 571. The van der Waals surface area contributed by atoms with Crippen LogP contribution in [0.4, 0.5) is 4.39 Å². The third-order valence-corrected chi connectivity index (χ3v) is 4.64. The number of halogens is 1. The first-order chi connectivity index (χ1) is 9.76. The van der Waals surface area contributed by atoms with Gasteiger partial charge in [0.15, 0.2) is 0 Å². The third-order valence-electron chi connectivity index (χ3n) is 4.25. The highest BCUT2D eigenvalue weighted by Crippen LogP contribution is 2.46. The summed E-state index contributed by atoms with van der Waals surface area (Å²) in [7, 11) is 0. The van der Waals surface area contributed by atoms with E-state index >= 15 is 0 Å². The van der Waals surface area contributed by atoms with Crippen molar-refractivity contribution in [3.05, 3.63) is 34.6 Å². The molecule has 1 saturated carbocycles. The van der Waals surface area contributed by atoms with Crippen LogP contribution in [0.3, 0.4) is 0 Å². The number of hydrogen-bond acceptors (Lipinski definition) is 2. The first-order valence-electron chi connectivity index (χ1n) is 7.10. The molecule has 0 unspecified atom stereocenters. The third kappa shape index (κ3) is 2.93. The van der Waals surface area contributed by atoms with Crippen LogP contribution >= 0.6 is 12.2 Å². The van der Waals surface area contributed by atoms with Crippen LogP contribution in [0.2, 0.25) is 0 Å². The minimum atomic E-state index is -0.696. The van der Waals surface area contributed by atoms with Crippen molar-refractivity contribution in [1.82, 2.24) is 5.32 Å². The van der Waals surface area contributed by atoms with E-state index in [0.29, 0.717) is 36.4 Å². The van der Waals surface area contributed by atoms with E-state index in [-0.39, 0.29) is 16.7 Å². The average Bonchev–Trinajstić information content (AvgIpc) is 2.37. The quantitative estimate of drug-likeness (QED) is 0.841. The lowest BCUT2D eigenvalue weighted by molar-refractivity contribution is -0.133. The summed E-state index contributed by atoms with van der Waals surface area (Å²) >= 11 is 5.07. The predicted octanol–water partition coefficient (Wildman–Crippen LogP) is 2.76. The number of carbonyl (C=O) groups excluding carboxylic acids is 1. The highest BCUT2D eigenvalue weighted by Gasteiger charge is 2.50. The van der Waals surface area contributed by atoms with E-state index in [1.807, 2.05) is 0 Å². The van der Waals surface area contributed by atoms with Gasteiger partial charge in [0, 0.05) is 6.54 Å². The van der Waals surface area contributed by atoms with Gasteiger partial charge in [-0.1, -0.05) is 31.3 Å². The van der Waals surface area contributed by atoms with E-state index in [2.05, 4.69) is 12.2 Å². The largest absolute Gasteiger partial charge is 0.392 e. The van der Waals surface area contributed by atoms with E-state index in [1.165, 1.54) is 0 Å². The number of nitrogens with two attached hydrogens (primary N) is 1. The Morgan fingerprint density at radius 3 is 2.38 bits per heavy atom. The van der Waals surface area contributed by atoms with Crippen LogP contribution in [0.1, 0.15) is 36.5 Å². The Labute approximate surface area is 130 Å². The van der Waals surface area contributed by atoms with Gasteiger partial charge in [-0.2, -0.15) is 0 Å². The van der Waals surface area contributed by atoms with Gasteiger partial charge in [0.1, 0.15) is 5.82 Å². The summed E-state index contributed by atoms with van der Waals surface area (Å²) in [4.78, 5) is 12.7. The number of carbonyl (C=O) groups is 1. The molecule has 1 aromatic carbocycles. The zero-order chi connectivity index (χ0) is 15.8. The summed E-state index contributed by atoms with van der Waals surface area (Å²) in [5.74, 6) is 0.151. The first kappa shape index (κ1) is 15.9. The zero-order valence-electron chi connectivity index (χ0n) is 12.6. The number of rotatable bonds is 4. The monoisotopic (exact) mass is 308 g/mol. The summed E-state index contributed by atoms with van der Waals surface area (Å²) in [5.41, 5.74) is 7.11. The van der Waals surface area contributed by atoms with Gasteiger partial charge in [-0.3, -0.25) is 4.79 Å². The number of benzene rings is 1. The van der Waals surface area contributed by atoms with Gasteiger partial charge in [0.2, 0.25) is 5.91 Å². The molecule has 114 valence electrons. The molecule has 21 heavy (non-hydrogen) atoms. The molecule has 0 radical (unpaired) electrons. The van der Waals surface area contributed by atoms with Gasteiger partial charge in [-0.15, -0.1) is 0 Å². The van der Waals surface area contributed by atoms with Gasteiger partial charge in [-0.25, -0.2) is 4.39 Å². The fourth-order valence-corrected chi connectivity index (χ4v) is 3.38. The maximum atomic E-state index is 13.6. The van der Waals surface area contributed by atoms with E-state index < -0.39 is 5.41 Å². The van der Waals surface area contributed by atoms with Crippen molar-refractivity contribution in [2.75, 3.05) is 0 Å². The molecule has 1 aliphatic carbocycles. The molecule has 5 heteroatoms. The second-order valence-electron chi connectivity index (χ2n) is 6.19. The lowest BCUT2D eigenvalue weighted by Gasteiger charge is -2.44. The normalized spacial score (nSPS) is 24.3. The molecule has 1 aliphatic rings. The van der Waals surface area contributed by atoms with Crippen molar-refractivity contribution in [2.45, 2.75) is 40.2 Å². The van der Waals surface area contributed by atoms with E-state index in [1.54, 1.807) is 26.0 Å². The van der Waals surface area contributed by atoms with Crippen LogP contribution in [0.15, 0.2) is 12.1 Å². The Morgan fingerprint density at radius 2 is 1.95 bits per heavy atom. The topological polar surface area (TPSA) is 55.1 Å². The Balaban J connectivity index is 2.06. The van der Waals surface area contributed by atoms with Gasteiger partial charge in [0.25, 0.3) is 0 Å². The number of hydrogen-bond donors (Lipinski definition) is 2. The van der Waals surface area contributed by atoms with Crippen LogP contribution in [-0.4, -0.2) is 10.9 Å². The molecule has 3 N–H and O–H groups in total. The lowest BCUT2D eigenvalue weighted by atomic mass is 9.62. The second-order valence-corrected chi connectivity index (χ2v) is 6.63. The molecule has 1 aromatic rings. The van der Waals surface area contributed by atoms with Crippen LogP contribution in [0.25, 0.3) is 0 Å². The van der Waals surface area contributed by atoms with E-state index in [4.69, 9.17) is 18.0 Å². The predicted molar refractivity (Wildman–Crippen MR) is 85.3 cm³/mol. The number of nitrogens with one attached hydrogen (secondary N) is 1. The number of amides is 1. The van der Waals surface area contributed by atoms with Crippen molar-refractivity contribution >= 4 is 23.1 Å². The highest BCUT2D eigenvalue weighted by atomic mass is 32.1. The molecule has 0 spiro atoms. The second kappa shape index (κ2) is 5.72. The Hall–Kier alpha value is -1.49.